The lowest BCUT2D eigenvalue weighted by atomic mass is 10.1. The van der Waals surface area contributed by atoms with Crippen molar-refractivity contribution in [2.75, 3.05) is 26.1 Å². The lowest BCUT2D eigenvalue weighted by molar-refractivity contribution is -0.907. The van der Waals surface area contributed by atoms with E-state index in [2.05, 4.69) is 5.32 Å². The van der Waals surface area contributed by atoms with Crippen LogP contribution in [0, 0.1) is 5.82 Å². The molecular weight excluding hydrogens is 335 g/mol. The van der Waals surface area contributed by atoms with E-state index in [1.807, 2.05) is 39.1 Å². The molecule has 0 fully saturated rings. The summed E-state index contributed by atoms with van der Waals surface area (Å²) in [4.78, 5) is 13.4. The van der Waals surface area contributed by atoms with Crippen LogP contribution in [0.1, 0.15) is 19.4 Å². The van der Waals surface area contributed by atoms with Crippen molar-refractivity contribution >= 4 is 11.6 Å². The van der Waals surface area contributed by atoms with Gasteiger partial charge in [0.25, 0.3) is 5.91 Å². The maximum absolute atomic E-state index is 13.7. The molecule has 2 aromatic carbocycles. The van der Waals surface area contributed by atoms with Crippen molar-refractivity contribution in [3.05, 3.63) is 53.8 Å². The van der Waals surface area contributed by atoms with E-state index in [9.17, 15) is 9.18 Å². The predicted octanol–water partition coefficient (Wildman–Crippen LogP) is 2.27. The Bertz CT molecular complexity index is 752. The number of hydrogen-bond acceptors (Lipinski definition) is 3. The molecule has 5 nitrogen and oxygen atoms in total. The number of para-hydroxylation sites is 1. The number of methoxy groups -OCH3 is 1. The topological polar surface area (TPSA) is 52.0 Å². The van der Waals surface area contributed by atoms with Crippen molar-refractivity contribution in [1.29, 1.82) is 0 Å². The number of benzene rings is 2. The first-order valence-corrected chi connectivity index (χ1v) is 8.63. The normalized spacial score (nSPS) is 13.0. The van der Waals surface area contributed by atoms with E-state index in [1.54, 1.807) is 25.3 Å². The number of ether oxygens (including phenoxy) is 2. The largest absolute Gasteiger partial charge is 0.493 e. The molecule has 0 aromatic heterocycles. The van der Waals surface area contributed by atoms with E-state index in [4.69, 9.17) is 9.47 Å². The van der Waals surface area contributed by atoms with Crippen LogP contribution in [0.2, 0.25) is 0 Å². The highest BCUT2D eigenvalue weighted by molar-refractivity contribution is 5.93. The number of carbonyl (C=O) groups excluding carboxylic acids is 1. The van der Waals surface area contributed by atoms with Crippen LogP contribution in [0.3, 0.4) is 0 Å². The van der Waals surface area contributed by atoms with Crippen molar-refractivity contribution in [3.63, 3.8) is 0 Å². The number of amides is 1. The van der Waals surface area contributed by atoms with Gasteiger partial charge in [-0.15, -0.1) is 0 Å². The molecule has 0 bridgehead atoms. The van der Waals surface area contributed by atoms with E-state index in [0.29, 0.717) is 24.7 Å². The summed E-state index contributed by atoms with van der Waals surface area (Å²) in [5.74, 6) is 0.690. The third-order valence-electron chi connectivity index (χ3n) is 4.28. The maximum atomic E-state index is 13.7. The number of anilines is 1. The first-order valence-electron chi connectivity index (χ1n) is 8.63. The maximum Gasteiger partial charge on any atom is 0.282 e. The molecule has 1 amide bonds. The molecule has 0 heterocycles. The highest BCUT2D eigenvalue weighted by Gasteiger charge is 2.23. The number of likely N-dealkylation sites (N-methyl/N-ethyl adjacent to an activating group) is 1. The van der Waals surface area contributed by atoms with Crippen molar-refractivity contribution in [2.45, 2.75) is 26.4 Å². The van der Waals surface area contributed by atoms with Gasteiger partial charge in [0, 0.05) is 5.56 Å². The summed E-state index contributed by atoms with van der Waals surface area (Å²) in [6, 6.07) is 11.5. The molecule has 0 aliphatic heterocycles. The number of hydrogen-bond donors (Lipinski definition) is 2. The second kappa shape index (κ2) is 9.20. The van der Waals surface area contributed by atoms with Crippen molar-refractivity contribution < 1.29 is 23.6 Å². The second-order valence-corrected chi connectivity index (χ2v) is 6.13. The fourth-order valence-corrected chi connectivity index (χ4v) is 2.60. The molecular formula is C20H26FN2O3+. The van der Waals surface area contributed by atoms with Gasteiger partial charge >= 0.3 is 0 Å². The molecule has 0 saturated carbocycles. The molecule has 1 unspecified atom stereocenters. The molecule has 140 valence electrons. The van der Waals surface area contributed by atoms with Crippen LogP contribution < -0.4 is 19.7 Å². The van der Waals surface area contributed by atoms with Gasteiger partial charge in [0.2, 0.25) is 0 Å². The molecule has 0 saturated heterocycles. The van der Waals surface area contributed by atoms with Crippen LogP contribution in [0.5, 0.6) is 11.5 Å². The third-order valence-corrected chi connectivity index (χ3v) is 4.28. The van der Waals surface area contributed by atoms with Crippen molar-refractivity contribution in [2.24, 2.45) is 0 Å². The SMILES string of the molecule is CCOc1ccc(C[NH+](C)[C@@H](C)C(=O)Nc2ccccc2F)cc1OC. The van der Waals surface area contributed by atoms with Crippen LogP contribution in [-0.4, -0.2) is 32.7 Å². The van der Waals surface area contributed by atoms with E-state index in [0.717, 1.165) is 10.5 Å². The number of halogens is 1. The van der Waals surface area contributed by atoms with Gasteiger partial charge in [-0.2, -0.15) is 0 Å². The highest BCUT2D eigenvalue weighted by atomic mass is 19.1. The molecule has 0 radical (unpaired) electrons. The number of carbonyl (C=O) groups is 1. The molecule has 2 N–H and O–H groups in total. The smallest absolute Gasteiger partial charge is 0.282 e. The summed E-state index contributed by atoms with van der Waals surface area (Å²) < 4.78 is 24.6. The van der Waals surface area contributed by atoms with Gasteiger partial charge in [-0.25, -0.2) is 4.39 Å². The van der Waals surface area contributed by atoms with Gasteiger partial charge in [0.1, 0.15) is 12.4 Å². The van der Waals surface area contributed by atoms with E-state index in [-0.39, 0.29) is 17.6 Å². The molecule has 0 aliphatic rings. The Labute approximate surface area is 153 Å². The average Bonchev–Trinajstić information content (AvgIpc) is 2.64. The van der Waals surface area contributed by atoms with Crippen LogP contribution in [0.25, 0.3) is 0 Å². The zero-order valence-corrected chi connectivity index (χ0v) is 15.6. The predicted molar refractivity (Wildman–Crippen MR) is 99.2 cm³/mol. The Morgan fingerprint density at radius 1 is 1.23 bits per heavy atom. The molecule has 0 spiro atoms. The van der Waals surface area contributed by atoms with E-state index >= 15 is 0 Å². The van der Waals surface area contributed by atoms with Crippen LogP contribution in [0.4, 0.5) is 10.1 Å². The molecule has 2 aromatic rings. The lowest BCUT2D eigenvalue weighted by Crippen LogP contribution is -3.12. The second-order valence-electron chi connectivity index (χ2n) is 6.13. The summed E-state index contributed by atoms with van der Waals surface area (Å²) in [5.41, 5.74) is 1.22. The Hall–Kier alpha value is -2.60. The third kappa shape index (κ3) is 4.95. The molecule has 2 rings (SSSR count). The van der Waals surface area contributed by atoms with Crippen LogP contribution >= 0.6 is 0 Å². The first kappa shape index (κ1) is 19.7. The van der Waals surface area contributed by atoms with Crippen LogP contribution in [0.15, 0.2) is 42.5 Å². The average molecular weight is 361 g/mol. The Morgan fingerprint density at radius 3 is 2.62 bits per heavy atom. The lowest BCUT2D eigenvalue weighted by Gasteiger charge is -2.21. The van der Waals surface area contributed by atoms with E-state index < -0.39 is 5.82 Å². The zero-order valence-electron chi connectivity index (χ0n) is 15.6. The van der Waals surface area contributed by atoms with Gasteiger partial charge in [0.05, 0.1) is 26.5 Å². The summed E-state index contributed by atoms with van der Waals surface area (Å²) in [5, 5.41) is 2.65. The van der Waals surface area contributed by atoms with Crippen LogP contribution in [-0.2, 0) is 11.3 Å². The van der Waals surface area contributed by atoms with Gasteiger partial charge in [-0.1, -0.05) is 12.1 Å². The quantitative estimate of drug-likeness (QED) is 0.758. The summed E-state index contributed by atoms with van der Waals surface area (Å²) in [6.45, 7) is 4.92. The molecule has 6 heteroatoms. The van der Waals surface area contributed by atoms with Crippen molar-refractivity contribution in [3.8, 4) is 11.5 Å². The number of rotatable bonds is 8. The van der Waals surface area contributed by atoms with Gasteiger partial charge < -0.3 is 19.7 Å². The first-order chi connectivity index (χ1) is 12.5. The molecule has 2 atom stereocenters. The fraction of sp³-hybridized carbons (Fsp3) is 0.350. The van der Waals surface area contributed by atoms with Gasteiger partial charge in [-0.05, 0) is 44.2 Å². The fourth-order valence-electron chi connectivity index (χ4n) is 2.60. The minimum absolute atomic E-state index is 0.194. The minimum Gasteiger partial charge on any atom is -0.493 e. The van der Waals surface area contributed by atoms with Gasteiger partial charge in [0.15, 0.2) is 17.5 Å². The van der Waals surface area contributed by atoms with E-state index in [1.165, 1.54) is 6.07 Å². The number of quaternary nitrogens is 1. The molecule has 0 aliphatic carbocycles. The summed E-state index contributed by atoms with van der Waals surface area (Å²) >= 11 is 0. The summed E-state index contributed by atoms with van der Waals surface area (Å²) in [6.07, 6.45) is 0. The standard InChI is InChI=1S/C20H25FN2O3/c1-5-26-18-11-10-15(12-19(18)25-4)13-23(3)14(2)20(24)22-17-9-7-6-8-16(17)21/h6-12,14H,5,13H2,1-4H3,(H,22,24)/p+1/t14-/m0/s1. The Balaban J connectivity index is 2.03. The monoisotopic (exact) mass is 361 g/mol. The van der Waals surface area contributed by atoms with Crippen molar-refractivity contribution in [1.82, 2.24) is 0 Å². The molecule has 26 heavy (non-hydrogen) atoms. The van der Waals surface area contributed by atoms with Gasteiger partial charge in [-0.3, -0.25) is 4.79 Å². The highest BCUT2D eigenvalue weighted by Crippen LogP contribution is 2.27. The number of nitrogens with one attached hydrogen (secondary N) is 2. The zero-order chi connectivity index (χ0) is 19.1. The Morgan fingerprint density at radius 2 is 1.96 bits per heavy atom. The Kier molecular flexibility index (Phi) is 6.97. The minimum atomic E-state index is -0.443. The summed E-state index contributed by atoms with van der Waals surface area (Å²) in [7, 11) is 3.53.